The predicted molar refractivity (Wildman–Crippen MR) is 106 cm³/mol. The van der Waals surface area contributed by atoms with E-state index in [9.17, 15) is 0 Å². The van der Waals surface area contributed by atoms with Crippen LogP contribution in [0.15, 0.2) is 55.0 Å². The molecule has 0 aliphatic carbocycles. The first-order valence-electron chi connectivity index (χ1n) is 8.49. The summed E-state index contributed by atoms with van der Waals surface area (Å²) in [5.74, 6) is 0.739. The largest absolute Gasteiger partial charge is 0.338 e. The molecule has 0 aliphatic heterocycles. The van der Waals surface area contributed by atoms with Crippen LogP contribution in [0, 0.1) is 0 Å². The molecular weight excluding hydrogens is 344 g/mol. The van der Waals surface area contributed by atoms with Gasteiger partial charge in [-0.05, 0) is 41.3 Å². The molecule has 4 rings (SSSR count). The smallest absolute Gasteiger partial charge is 0.140 e. The van der Waals surface area contributed by atoms with Gasteiger partial charge in [-0.3, -0.25) is 9.97 Å². The fourth-order valence-electron chi connectivity index (χ4n) is 2.93. The van der Waals surface area contributed by atoms with Gasteiger partial charge in [0.2, 0.25) is 0 Å². The summed E-state index contributed by atoms with van der Waals surface area (Å²) in [7, 11) is 0. The van der Waals surface area contributed by atoms with Crippen LogP contribution >= 0.6 is 11.6 Å². The van der Waals surface area contributed by atoms with E-state index in [4.69, 9.17) is 16.6 Å². The average Bonchev–Trinajstić information content (AvgIpc) is 3.05. The Morgan fingerprint density at radius 1 is 1.04 bits per heavy atom. The van der Waals surface area contributed by atoms with Gasteiger partial charge in [-0.1, -0.05) is 38.4 Å². The van der Waals surface area contributed by atoms with Crippen molar-refractivity contribution in [3.8, 4) is 22.6 Å². The van der Waals surface area contributed by atoms with E-state index in [0.717, 1.165) is 28.0 Å². The molecule has 26 heavy (non-hydrogen) atoms. The Balaban J connectivity index is 1.83. The van der Waals surface area contributed by atoms with Crippen LogP contribution in [0.5, 0.6) is 0 Å². The molecule has 1 N–H and O–H groups in total. The van der Waals surface area contributed by atoms with E-state index in [1.54, 1.807) is 18.6 Å². The summed E-state index contributed by atoms with van der Waals surface area (Å²) >= 11 is 6.66. The van der Waals surface area contributed by atoms with Crippen molar-refractivity contribution in [3.05, 3.63) is 65.6 Å². The topological polar surface area (TPSA) is 54.5 Å². The quantitative estimate of drug-likeness (QED) is 0.502. The molecular formula is C21H19ClN4. The molecule has 130 valence electrons. The number of nitrogens with zero attached hydrogens (tertiary/aromatic N) is 3. The number of fused-ring (bicyclic) bond motifs is 1. The monoisotopic (exact) mass is 362 g/mol. The third kappa shape index (κ3) is 2.97. The number of hydrogen-bond acceptors (Lipinski definition) is 3. The molecule has 0 aliphatic rings. The van der Waals surface area contributed by atoms with Crippen LogP contribution in [-0.2, 0) is 5.41 Å². The molecule has 5 heteroatoms. The number of hydrogen-bond donors (Lipinski definition) is 1. The molecule has 0 atom stereocenters. The van der Waals surface area contributed by atoms with Gasteiger partial charge in [-0.2, -0.15) is 0 Å². The Morgan fingerprint density at radius 2 is 1.88 bits per heavy atom. The highest BCUT2D eigenvalue weighted by Crippen LogP contribution is 2.34. The van der Waals surface area contributed by atoms with Crippen molar-refractivity contribution in [2.24, 2.45) is 0 Å². The first kappa shape index (κ1) is 16.7. The summed E-state index contributed by atoms with van der Waals surface area (Å²) in [5.41, 5.74) is 5.68. The van der Waals surface area contributed by atoms with E-state index in [0.29, 0.717) is 10.7 Å². The zero-order valence-corrected chi connectivity index (χ0v) is 15.7. The highest BCUT2D eigenvalue weighted by molar-refractivity contribution is 6.35. The van der Waals surface area contributed by atoms with Crippen molar-refractivity contribution in [2.75, 3.05) is 0 Å². The number of nitrogens with one attached hydrogen (secondary N) is 1. The standard InChI is InChI=1S/C21H19ClN4/c1-21(2,3)14-6-7-16-17(11-14)26-20(25-16)15-8-10-24-19(18(15)22)13-5-4-9-23-12-13/h4-12H,1-3H3,(H,25,26). The zero-order chi connectivity index (χ0) is 18.3. The summed E-state index contributed by atoms with van der Waals surface area (Å²) in [6.07, 6.45) is 5.23. The zero-order valence-electron chi connectivity index (χ0n) is 14.9. The molecule has 3 aromatic heterocycles. The third-order valence-corrected chi connectivity index (χ3v) is 4.81. The molecule has 0 fully saturated rings. The van der Waals surface area contributed by atoms with Gasteiger partial charge in [0.25, 0.3) is 0 Å². The van der Waals surface area contributed by atoms with E-state index in [2.05, 4.69) is 47.9 Å². The molecule has 0 unspecified atom stereocenters. The number of rotatable bonds is 2. The minimum Gasteiger partial charge on any atom is -0.338 e. The molecule has 4 nitrogen and oxygen atoms in total. The Labute approximate surface area is 157 Å². The van der Waals surface area contributed by atoms with E-state index in [1.165, 1.54) is 5.56 Å². The van der Waals surface area contributed by atoms with Crippen LogP contribution < -0.4 is 0 Å². The number of aromatic amines is 1. The first-order chi connectivity index (χ1) is 12.4. The van der Waals surface area contributed by atoms with Crippen LogP contribution in [0.3, 0.4) is 0 Å². The van der Waals surface area contributed by atoms with Gasteiger partial charge in [0.1, 0.15) is 5.82 Å². The Bertz CT molecular complexity index is 1080. The number of pyridine rings is 2. The normalized spacial score (nSPS) is 11.8. The SMILES string of the molecule is CC(C)(C)c1ccc2nc(-c3ccnc(-c4cccnc4)c3Cl)[nH]c2c1. The molecule has 1 aromatic carbocycles. The fraction of sp³-hybridized carbons (Fsp3) is 0.190. The van der Waals surface area contributed by atoms with Crippen LogP contribution in [0.25, 0.3) is 33.7 Å². The first-order valence-corrected chi connectivity index (χ1v) is 8.87. The number of halogens is 1. The van der Waals surface area contributed by atoms with Crippen molar-refractivity contribution in [3.63, 3.8) is 0 Å². The maximum atomic E-state index is 6.66. The summed E-state index contributed by atoms with van der Waals surface area (Å²) in [5, 5.41) is 0.565. The summed E-state index contributed by atoms with van der Waals surface area (Å²) in [4.78, 5) is 16.7. The van der Waals surface area contributed by atoms with Gasteiger partial charge in [0.15, 0.2) is 0 Å². The maximum Gasteiger partial charge on any atom is 0.140 e. The molecule has 3 heterocycles. The lowest BCUT2D eigenvalue weighted by Crippen LogP contribution is -2.10. The molecule has 0 bridgehead atoms. The Morgan fingerprint density at radius 3 is 2.62 bits per heavy atom. The van der Waals surface area contributed by atoms with Gasteiger partial charge >= 0.3 is 0 Å². The van der Waals surface area contributed by atoms with E-state index >= 15 is 0 Å². The molecule has 0 radical (unpaired) electrons. The third-order valence-electron chi connectivity index (χ3n) is 4.43. The van der Waals surface area contributed by atoms with E-state index in [-0.39, 0.29) is 5.41 Å². The van der Waals surface area contributed by atoms with Gasteiger partial charge in [0, 0.05) is 29.7 Å². The van der Waals surface area contributed by atoms with E-state index < -0.39 is 0 Å². The molecule has 4 aromatic rings. The number of aromatic nitrogens is 4. The highest BCUT2D eigenvalue weighted by atomic mass is 35.5. The minimum atomic E-state index is 0.0846. The van der Waals surface area contributed by atoms with Crippen LogP contribution in [0.4, 0.5) is 0 Å². The lowest BCUT2D eigenvalue weighted by molar-refractivity contribution is 0.591. The molecule has 0 saturated heterocycles. The van der Waals surface area contributed by atoms with Crippen molar-refractivity contribution >= 4 is 22.6 Å². The second kappa shape index (κ2) is 6.22. The van der Waals surface area contributed by atoms with Crippen LogP contribution in [0.1, 0.15) is 26.3 Å². The molecule has 0 spiro atoms. The lowest BCUT2D eigenvalue weighted by atomic mass is 9.87. The number of benzene rings is 1. The average molecular weight is 363 g/mol. The molecule has 0 saturated carbocycles. The van der Waals surface area contributed by atoms with Crippen molar-refractivity contribution in [1.29, 1.82) is 0 Å². The van der Waals surface area contributed by atoms with Crippen molar-refractivity contribution in [1.82, 2.24) is 19.9 Å². The van der Waals surface area contributed by atoms with Gasteiger partial charge in [0.05, 0.1) is 21.7 Å². The summed E-state index contributed by atoms with van der Waals surface area (Å²) in [6.45, 7) is 6.60. The Kier molecular flexibility index (Phi) is 4.00. The summed E-state index contributed by atoms with van der Waals surface area (Å²) < 4.78 is 0. The lowest BCUT2D eigenvalue weighted by Gasteiger charge is -2.18. The van der Waals surface area contributed by atoms with Crippen LogP contribution in [-0.4, -0.2) is 19.9 Å². The fourth-order valence-corrected chi connectivity index (χ4v) is 3.24. The number of H-pyrrole nitrogens is 1. The van der Waals surface area contributed by atoms with Crippen molar-refractivity contribution < 1.29 is 0 Å². The minimum absolute atomic E-state index is 0.0846. The van der Waals surface area contributed by atoms with Gasteiger partial charge in [-0.15, -0.1) is 0 Å². The molecule has 0 amide bonds. The Hall–Kier alpha value is -2.72. The predicted octanol–water partition coefficient (Wildman–Crippen LogP) is 5.64. The van der Waals surface area contributed by atoms with Gasteiger partial charge < -0.3 is 4.98 Å². The van der Waals surface area contributed by atoms with Crippen LogP contribution in [0.2, 0.25) is 5.02 Å². The number of imidazole rings is 1. The second-order valence-corrected chi connectivity index (χ2v) is 7.71. The highest BCUT2D eigenvalue weighted by Gasteiger charge is 2.17. The van der Waals surface area contributed by atoms with Crippen molar-refractivity contribution in [2.45, 2.75) is 26.2 Å². The maximum absolute atomic E-state index is 6.66. The second-order valence-electron chi connectivity index (χ2n) is 7.33. The van der Waals surface area contributed by atoms with Gasteiger partial charge in [-0.25, -0.2) is 4.98 Å². The van der Waals surface area contributed by atoms with E-state index in [1.807, 2.05) is 24.3 Å². The summed E-state index contributed by atoms with van der Waals surface area (Å²) in [6, 6.07) is 12.0.